The zero-order valence-corrected chi connectivity index (χ0v) is 17.4. The van der Waals surface area contributed by atoms with Gasteiger partial charge in [-0.3, -0.25) is 4.79 Å². The van der Waals surface area contributed by atoms with Crippen molar-refractivity contribution >= 4 is 11.5 Å². The molecule has 0 aromatic heterocycles. The molecule has 28 heavy (non-hydrogen) atoms. The summed E-state index contributed by atoms with van der Waals surface area (Å²) in [7, 11) is 0. The Labute approximate surface area is 169 Å². The van der Waals surface area contributed by atoms with Crippen LogP contribution in [-0.4, -0.2) is 17.2 Å². The van der Waals surface area contributed by atoms with Gasteiger partial charge in [-0.15, -0.1) is 0 Å². The molecule has 3 heteroatoms. The average Bonchev–Trinajstić information content (AvgIpc) is 3.01. The van der Waals surface area contributed by atoms with Crippen LogP contribution in [0.2, 0.25) is 0 Å². The van der Waals surface area contributed by atoms with Crippen LogP contribution in [0.5, 0.6) is 5.75 Å². The molecule has 3 aliphatic carbocycles. The van der Waals surface area contributed by atoms with Gasteiger partial charge in [-0.05, 0) is 79.2 Å². The smallest absolute Gasteiger partial charge is 0.306 e. The quantitative estimate of drug-likeness (QED) is 0.482. The fraction of sp³-hybridized carbons (Fsp3) is 0.640. The highest BCUT2D eigenvalue weighted by atomic mass is 16.5. The van der Waals surface area contributed by atoms with Crippen molar-refractivity contribution in [3.63, 3.8) is 0 Å². The molecule has 1 aromatic rings. The number of allylic oxidation sites excluding steroid dienone is 2. The van der Waals surface area contributed by atoms with Gasteiger partial charge in [0, 0.05) is 11.8 Å². The lowest BCUT2D eigenvalue weighted by molar-refractivity contribution is -0.155. The zero-order valence-electron chi connectivity index (χ0n) is 17.4. The minimum absolute atomic E-state index is 0.00206. The van der Waals surface area contributed by atoms with E-state index in [2.05, 4.69) is 26.0 Å². The molecular formula is C25H34O3. The third-order valence-electron chi connectivity index (χ3n) is 7.60. The maximum absolute atomic E-state index is 12.4. The predicted octanol–water partition coefficient (Wildman–Crippen LogP) is 6.04. The summed E-state index contributed by atoms with van der Waals surface area (Å²) in [6.45, 7) is 4.54. The minimum atomic E-state index is 0.00206. The number of esters is 1. The number of phenols is 1. The van der Waals surface area contributed by atoms with E-state index in [1.165, 1.54) is 29.5 Å². The molecule has 0 bridgehead atoms. The number of carbonyl (C=O) groups is 1. The minimum Gasteiger partial charge on any atom is -0.508 e. The van der Waals surface area contributed by atoms with Crippen molar-refractivity contribution in [2.24, 2.45) is 17.3 Å². The van der Waals surface area contributed by atoms with Crippen LogP contribution in [0.15, 0.2) is 24.3 Å². The maximum Gasteiger partial charge on any atom is 0.306 e. The number of carbonyl (C=O) groups excluding carboxylic acids is 1. The van der Waals surface area contributed by atoms with Crippen LogP contribution >= 0.6 is 0 Å². The second-order valence-electron chi connectivity index (χ2n) is 9.33. The number of hydrogen-bond donors (Lipinski definition) is 1. The van der Waals surface area contributed by atoms with Gasteiger partial charge in [-0.2, -0.15) is 0 Å². The molecule has 3 aliphatic rings. The van der Waals surface area contributed by atoms with Crippen LogP contribution in [-0.2, 0) is 16.0 Å². The van der Waals surface area contributed by atoms with Crippen LogP contribution in [0, 0.1) is 17.3 Å². The van der Waals surface area contributed by atoms with E-state index in [0.29, 0.717) is 24.0 Å². The SMILES string of the molecule is CCCCCCC(=O)O[C@H]1CC[C@H]2[C@@H]3CCc4cc(O)ccc4C3=CC[C@]12C. The first-order valence-electron chi connectivity index (χ1n) is 11.2. The molecule has 152 valence electrons. The summed E-state index contributed by atoms with van der Waals surface area (Å²) in [5, 5.41) is 9.82. The number of unbranched alkanes of at least 4 members (excludes halogenated alkanes) is 3. The first-order chi connectivity index (χ1) is 13.5. The van der Waals surface area contributed by atoms with E-state index in [1.807, 2.05) is 12.1 Å². The number of hydrogen-bond acceptors (Lipinski definition) is 3. The molecule has 0 spiro atoms. The molecule has 0 heterocycles. The molecule has 3 nitrogen and oxygen atoms in total. The van der Waals surface area contributed by atoms with E-state index in [9.17, 15) is 9.90 Å². The molecule has 1 N–H and O–H groups in total. The number of rotatable bonds is 6. The van der Waals surface area contributed by atoms with Gasteiger partial charge < -0.3 is 9.84 Å². The molecule has 1 aromatic carbocycles. The third kappa shape index (κ3) is 3.49. The van der Waals surface area contributed by atoms with E-state index in [4.69, 9.17) is 4.74 Å². The normalized spacial score (nSPS) is 30.8. The first-order valence-corrected chi connectivity index (χ1v) is 11.2. The molecular weight excluding hydrogens is 348 g/mol. The van der Waals surface area contributed by atoms with E-state index in [0.717, 1.165) is 44.9 Å². The van der Waals surface area contributed by atoms with Gasteiger partial charge in [0.2, 0.25) is 0 Å². The predicted molar refractivity (Wildman–Crippen MR) is 112 cm³/mol. The highest BCUT2D eigenvalue weighted by molar-refractivity contribution is 5.74. The van der Waals surface area contributed by atoms with Crippen molar-refractivity contribution < 1.29 is 14.6 Å². The Morgan fingerprint density at radius 3 is 2.89 bits per heavy atom. The third-order valence-corrected chi connectivity index (χ3v) is 7.60. The van der Waals surface area contributed by atoms with Crippen molar-refractivity contribution in [1.29, 1.82) is 0 Å². The fourth-order valence-electron chi connectivity index (χ4n) is 6.02. The van der Waals surface area contributed by atoms with Crippen molar-refractivity contribution in [2.75, 3.05) is 0 Å². The van der Waals surface area contributed by atoms with E-state index in [1.54, 1.807) is 0 Å². The Morgan fingerprint density at radius 1 is 1.21 bits per heavy atom. The molecule has 1 saturated carbocycles. The maximum atomic E-state index is 12.4. The summed E-state index contributed by atoms with van der Waals surface area (Å²) in [5.74, 6) is 1.52. The Bertz CT molecular complexity index is 765. The highest BCUT2D eigenvalue weighted by Crippen LogP contribution is 2.59. The van der Waals surface area contributed by atoms with Crippen molar-refractivity contribution in [3.05, 3.63) is 35.4 Å². The van der Waals surface area contributed by atoms with Crippen molar-refractivity contribution in [1.82, 2.24) is 0 Å². The second-order valence-corrected chi connectivity index (χ2v) is 9.33. The first kappa shape index (κ1) is 19.5. The zero-order chi connectivity index (χ0) is 19.7. The molecule has 4 atom stereocenters. The molecule has 0 unspecified atom stereocenters. The fourth-order valence-corrected chi connectivity index (χ4v) is 6.02. The van der Waals surface area contributed by atoms with Crippen molar-refractivity contribution in [3.8, 4) is 5.75 Å². The van der Waals surface area contributed by atoms with E-state index >= 15 is 0 Å². The van der Waals surface area contributed by atoms with Gasteiger partial charge in [0.15, 0.2) is 0 Å². The Hall–Kier alpha value is -1.77. The summed E-state index contributed by atoms with van der Waals surface area (Å²) >= 11 is 0. The number of fused-ring (bicyclic) bond motifs is 5. The van der Waals surface area contributed by atoms with Crippen LogP contribution in [0.1, 0.15) is 82.8 Å². The molecule has 0 amide bonds. The molecule has 0 saturated heterocycles. The second kappa shape index (κ2) is 7.93. The number of phenolic OH excluding ortho intramolecular Hbond substituents is 1. The molecule has 0 aliphatic heterocycles. The van der Waals surface area contributed by atoms with Crippen LogP contribution in [0.4, 0.5) is 0 Å². The summed E-state index contributed by atoms with van der Waals surface area (Å²) < 4.78 is 6.03. The number of aryl methyl sites for hydroxylation is 1. The van der Waals surface area contributed by atoms with Gasteiger partial charge in [0.1, 0.15) is 11.9 Å². The highest BCUT2D eigenvalue weighted by Gasteiger charge is 2.53. The Balaban J connectivity index is 1.47. The van der Waals surface area contributed by atoms with Gasteiger partial charge in [0.05, 0.1) is 0 Å². The number of benzene rings is 1. The summed E-state index contributed by atoms with van der Waals surface area (Å²) in [4.78, 5) is 12.4. The summed E-state index contributed by atoms with van der Waals surface area (Å²) in [6, 6.07) is 5.83. The number of ether oxygens (including phenoxy) is 1. The summed E-state index contributed by atoms with van der Waals surface area (Å²) in [5.41, 5.74) is 4.14. The lowest BCUT2D eigenvalue weighted by Crippen LogP contribution is -2.41. The Morgan fingerprint density at radius 2 is 2.07 bits per heavy atom. The van der Waals surface area contributed by atoms with Gasteiger partial charge in [-0.25, -0.2) is 0 Å². The standard InChI is InChI=1S/C25H34O3/c1-3-4-5-6-7-24(27)28-23-13-12-22-21-10-8-17-16-18(26)9-11-19(17)20(21)14-15-25(22,23)2/h9,11,14,16,21-23,26H,3-8,10,12-13,15H2,1-2H3/t21-,22+,23+,25+/m1/s1. The van der Waals surface area contributed by atoms with Gasteiger partial charge in [-0.1, -0.05) is 45.3 Å². The largest absolute Gasteiger partial charge is 0.508 e. The number of aromatic hydroxyl groups is 1. The lowest BCUT2D eigenvalue weighted by atomic mass is 9.60. The van der Waals surface area contributed by atoms with Crippen LogP contribution < -0.4 is 0 Å². The van der Waals surface area contributed by atoms with Crippen molar-refractivity contribution in [2.45, 2.75) is 84.2 Å². The van der Waals surface area contributed by atoms with Crippen LogP contribution in [0.3, 0.4) is 0 Å². The van der Waals surface area contributed by atoms with Gasteiger partial charge >= 0.3 is 5.97 Å². The molecule has 0 radical (unpaired) electrons. The van der Waals surface area contributed by atoms with E-state index < -0.39 is 0 Å². The molecule has 4 rings (SSSR count). The topological polar surface area (TPSA) is 46.5 Å². The molecule has 1 fully saturated rings. The lowest BCUT2D eigenvalue weighted by Gasteiger charge is -2.46. The van der Waals surface area contributed by atoms with Crippen LogP contribution in [0.25, 0.3) is 5.57 Å². The monoisotopic (exact) mass is 382 g/mol. The average molecular weight is 383 g/mol. The van der Waals surface area contributed by atoms with Gasteiger partial charge in [0.25, 0.3) is 0 Å². The van der Waals surface area contributed by atoms with E-state index in [-0.39, 0.29) is 17.5 Å². The Kier molecular flexibility index (Phi) is 5.53. The summed E-state index contributed by atoms with van der Waals surface area (Å²) in [6.07, 6.45) is 12.8.